The lowest BCUT2D eigenvalue weighted by Gasteiger charge is -2.15. The summed E-state index contributed by atoms with van der Waals surface area (Å²) in [5.74, 6) is -0.143. The van der Waals surface area contributed by atoms with Crippen LogP contribution in [0.25, 0.3) is 11.3 Å². The van der Waals surface area contributed by atoms with Crippen LogP contribution in [0.15, 0.2) is 36.4 Å². The summed E-state index contributed by atoms with van der Waals surface area (Å²) in [7, 11) is 0. The molecule has 2 atom stereocenters. The van der Waals surface area contributed by atoms with Crippen LogP contribution in [0.1, 0.15) is 27.4 Å². The highest BCUT2D eigenvalue weighted by Crippen LogP contribution is 2.26. The molecule has 3 N–H and O–H groups in total. The van der Waals surface area contributed by atoms with E-state index in [4.69, 9.17) is 0 Å². The monoisotopic (exact) mass is 365 g/mol. The second-order valence-corrected chi connectivity index (χ2v) is 7.22. The Balaban J connectivity index is 1.50. The first-order chi connectivity index (χ1) is 13.0. The van der Waals surface area contributed by atoms with Gasteiger partial charge >= 0.3 is 0 Å². The average Bonchev–Trinajstić information content (AvgIpc) is 3.35. The molecular formula is C20H23N5O2. The van der Waals surface area contributed by atoms with Gasteiger partial charge in [0.1, 0.15) is 5.69 Å². The number of rotatable bonds is 4. The summed E-state index contributed by atoms with van der Waals surface area (Å²) < 4.78 is 0. The van der Waals surface area contributed by atoms with Gasteiger partial charge in [-0.3, -0.25) is 15.0 Å². The number of benzene rings is 1. The number of β-amino-alcohol motifs (C(OH)–C–C–N with tert-alkyl or cyclic N) is 1. The minimum atomic E-state index is -0.553. The topological polar surface area (TPSA) is 97.9 Å². The van der Waals surface area contributed by atoms with Crippen molar-refractivity contribution in [3.05, 3.63) is 59.0 Å². The van der Waals surface area contributed by atoms with Crippen molar-refractivity contribution in [3.8, 4) is 11.3 Å². The predicted octanol–water partition coefficient (Wildman–Crippen LogP) is 2.09. The number of aryl methyl sites for hydroxylation is 1. The number of nitrogens with zero attached hydrogens (tertiary/aromatic N) is 3. The van der Waals surface area contributed by atoms with Crippen LogP contribution in [0, 0.1) is 19.8 Å². The van der Waals surface area contributed by atoms with Gasteiger partial charge in [0.15, 0.2) is 0 Å². The fourth-order valence-corrected chi connectivity index (χ4v) is 3.71. The number of aromatic amines is 2. The Bertz CT molecular complexity index is 946. The molecule has 27 heavy (non-hydrogen) atoms. The van der Waals surface area contributed by atoms with Gasteiger partial charge in [0.05, 0.1) is 17.5 Å². The van der Waals surface area contributed by atoms with Gasteiger partial charge < -0.3 is 10.0 Å². The van der Waals surface area contributed by atoms with Crippen LogP contribution in [-0.2, 0) is 6.42 Å². The van der Waals surface area contributed by atoms with Crippen molar-refractivity contribution >= 4 is 5.91 Å². The molecule has 1 amide bonds. The summed E-state index contributed by atoms with van der Waals surface area (Å²) in [5, 5.41) is 24.8. The van der Waals surface area contributed by atoms with E-state index in [-0.39, 0.29) is 11.8 Å². The number of hydrogen-bond donors (Lipinski definition) is 3. The number of aromatic nitrogens is 4. The van der Waals surface area contributed by atoms with Gasteiger partial charge in [-0.05, 0) is 26.3 Å². The first kappa shape index (κ1) is 17.5. The maximum atomic E-state index is 13.0. The molecule has 1 aliphatic rings. The summed E-state index contributed by atoms with van der Waals surface area (Å²) in [5.41, 5.74) is 4.96. The Morgan fingerprint density at radius 2 is 1.96 bits per heavy atom. The molecule has 1 aliphatic heterocycles. The Morgan fingerprint density at radius 1 is 1.19 bits per heavy atom. The van der Waals surface area contributed by atoms with Gasteiger partial charge in [0, 0.05) is 35.8 Å². The molecule has 7 heteroatoms. The molecule has 1 aromatic carbocycles. The van der Waals surface area contributed by atoms with Gasteiger partial charge in [-0.25, -0.2) is 0 Å². The summed E-state index contributed by atoms with van der Waals surface area (Å²) in [6.07, 6.45) is 0.0924. The highest BCUT2D eigenvalue weighted by molar-refractivity contribution is 5.95. The highest BCUT2D eigenvalue weighted by Gasteiger charge is 2.36. The molecule has 0 spiro atoms. The number of aliphatic hydroxyl groups excluding tert-OH is 1. The lowest BCUT2D eigenvalue weighted by molar-refractivity contribution is 0.0758. The van der Waals surface area contributed by atoms with Gasteiger partial charge in [-0.2, -0.15) is 10.2 Å². The van der Waals surface area contributed by atoms with Crippen molar-refractivity contribution in [3.63, 3.8) is 0 Å². The third-order valence-electron chi connectivity index (χ3n) is 5.19. The first-order valence-corrected chi connectivity index (χ1v) is 9.11. The van der Waals surface area contributed by atoms with Crippen LogP contribution < -0.4 is 0 Å². The molecular weight excluding hydrogens is 342 g/mol. The molecule has 0 bridgehead atoms. The quantitative estimate of drug-likeness (QED) is 0.659. The van der Waals surface area contributed by atoms with Crippen molar-refractivity contribution in [2.45, 2.75) is 26.4 Å². The number of likely N-dealkylation sites (tertiary alicyclic amines) is 1. The van der Waals surface area contributed by atoms with E-state index in [2.05, 4.69) is 20.4 Å². The normalized spacial score (nSPS) is 19.6. The third-order valence-corrected chi connectivity index (χ3v) is 5.19. The molecule has 0 unspecified atom stereocenters. The van der Waals surface area contributed by atoms with Gasteiger partial charge in [-0.1, -0.05) is 30.3 Å². The number of nitrogens with one attached hydrogen (secondary N) is 2. The van der Waals surface area contributed by atoms with E-state index in [1.165, 1.54) is 0 Å². The smallest absolute Gasteiger partial charge is 0.272 e. The van der Waals surface area contributed by atoms with Crippen molar-refractivity contribution in [1.82, 2.24) is 25.3 Å². The van der Waals surface area contributed by atoms with E-state index in [9.17, 15) is 9.90 Å². The number of hydrogen-bond acceptors (Lipinski definition) is 4. The largest absolute Gasteiger partial charge is 0.391 e. The van der Waals surface area contributed by atoms with Gasteiger partial charge in [0.2, 0.25) is 0 Å². The van der Waals surface area contributed by atoms with E-state index in [1.54, 1.807) is 4.90 Å². The Hall–Kier alpha value is -2.93. The summed E-state index contributed by atoms with van der Waals surface area (Å²) in [4.78, 5) is 14.7. The zero-order valence-electron chi connectivity index (χ0n) is 15.4. The predicted molar refractivity (Wildman–Crippen MR) is 101 cm³/mol. The lowest BCUT2D eigenvalue weighted by atomic mass is 10.0. The second kappa shape index (κ2) is 7.00. The van der Waals surface area contributed by atoms with Gasteiger partial charge in [-0.15, -0.1) is 0 Å². The molecule has 140 valence electrons. The van der Waals surface area contributed by atoms with E-state index < -0.39 is 6.10 Å². The first-order valence-electron chi connectivity index (χ1n) is 9.11. The molecule has 0 radical (unpaired) electrons. The SMILES string of the molecule is Cc1cc(C[C@@H]2CN(C(=O)c3[nH]nc(-c4ccccc4)c3C)C[C@H]2O)n[nH]1. The minimum Gasteiger partial charge on any atom is -0.391 e. The van der Waals surface area contributed by atoms with Crippen molar-refractivity contribution in [2.75, 3.05) is 13.1 Å². The molecule has 0 aliphatic carbocycles. The van der Waals surface area contributed by atoms with Crippen molar-refractivity contribution in [2.24, 2.45) is 5.92 Å². The summed E-state index contributed by atoms with van der Waals surface area (Å²) in [6.45, 7) is 4.68. The minimum absolute atomic E-state index is 0.0199. The number of carbonyl (C=O) groups excluding carboxylic acids is 1. The van der Waals surface area contributed by atoms with Crippen LogP contribution in [0.2, 0.25) is 0 Å². The zero-order chi connectivity index (χ0) is 19.0. The Labute approximate surface area is 157 Å². The lowest BCUT2D eigenvalue weighted by Crippen LogP contribution is -2.30. The maximum Gasteiger partial charge on any atom is 0.272 e. The number of aliphatic hydroxyl groups is 1. The molecule has 2 aromatic heterocycles. The standard InChI is InChI=1S/C20H23N5O2/c1-12-8-16(22-21-12)9-15-10-25(11-17(15)26)20(27)19-13(2)18(23-24-19)14-6-4-3-5-7-14/h3-8,15,17,26H,9-11H2,1-2H3,(H,21,22)(H,23,24)/t15-,17-/m1/s1. The summed E-state index contributed by atoms with van der Waals surface area (Å²) in [6, 6.07) is 11.8. The zero-order valence-corrected chi connectivity index (χ0v) is 15.4. The average molecular weight is 365 g/mol. The molecule has 1 fully saturated rings. The second-order valence-electron chi connectivity index (χ2n) is 7.22. The molecule has 3 aromatic rings. The van der Waals surface area contributed by atoms with Crippen molar-refractivity contribution < 1.29 is 9.90 Å². The van der Waals surface area contributed by atoms with Crippen LogP contribution in [-0.4, -0.2) is 55.5 Å². The third kappa shape index (κ3) is 3.38. The number of H-pyrrole nitrogens is 2. The summed E-state index contributed by atoms with van der Waals surface area (Å²) >= 11 is 0. The maximum absolute atomic E-state index is 13.0. The van der Waals surface area contributed by atoms with E-state index in [0.29, 0.717) is 25.2 Å². The molecule has 3 heterocycles. The molecule has 1 saturated heterocycles. The van der Waals surface area contributed by atoms with E-state index in [1.807, 2.05) is 50.2 Å². The van der Waals surface area contributed by atoms with E-state index >= 15 is 0 Å². The van der Waals surface area contributed by atoms with Crippen LogP contribution >= 0.6 is 0 Å². The Morgan fingerprint density at radius 3 is 2.67 bits per heavy atom. The highest BCUT2D eigenvalue weighted by atomic mass is 16.3. The molecule has 7 nitrogen and oxygen atoms in total. The number of carbonyl (C=O) groups is 1. The van der Waals surface area contributed by atoms with Crippen LogP contribution in [0.4, 0.5) is 0 Å². The van der Waals surface area contributed by atoms with Crippen LogP contribution in [0.3, 0.4) is 0 Å². The Kier molecular flexibility index (Phi) is 4.53. The number of amides is 1. The van der Waals surface area contributed by atoms with E-state index in [0.717, 1.165) is 28.2 Å². The van der Waals surface area contributed by atoms with Gasteiger partial charge in [0.25, 0.3) is 5.91 Å². The molecule has 0 saturated carbocycles. The fraction of sp³-hybridized carbons (Fsp3) is 0.350. The van der Waals surface area contributed by atoms with Crippen molar-refractivity contribution in [1.29, 1.82) is 0 Å². The fourth-order valence-electron chi connectivity index (χ4n) is 3.71. The van der Waals surface area contributed by atoms with Crippen LogP contribution in [0.5, 0.6) is 0 Å². The molecule has 4 rings (SSSR count).